The lowest BCUT2D eigenvalue weighted by Gasteiger charge is -2.29. The molecule has 8 atom stereocenters. The van der Waals surface area contributed by atoms with Crippen molar-refractivity contribution in [3.63, 3.8) is 0 Å². The molecule has 0 saturated carbocycles. The van der Waals surface area contributed by atoms with Gasteiger partial charge in [-0.3, -0.25) is 33.6 Å². The van der Waals surface area contributed by atoms with Crippen molar-refractivity contribution in [1.29, 1.82) is 0 Å². The van der Waals surface area contributed by atoms with Gasteiger partial charge in [-0.1, -0.05) is 72.6 Å². The van der Waals surface area contributed by atoms with E-state index in [-0.39, 0.29) is 12.3 Å². The molecule has 0 spiro atoms. The van der Waals surface area contributed by atoms with Crippen molar-refractivity contribution < 1.29 is 48.6 Å². The Morgan fingerprint density at radius 3 is 1.78 bits per heavy atom. The molecule has 2 rings (SSSR count). The number of benzene rings is 1. The summed E-state index contributed by atoms with van der Waals surface area (Å²) in [7, 11) is 0. The highest BCUT2D eigenvalue weighted by atomic mass is 16.4. The second-order valence-corrected chi connectivity index (χ2v) is 13.9. The van der Waals surface area contributed by atoms with Crippen molar-refractivity contribution >= 4 is 58.3 Å². The second kappa shape index (κ2) is 20.6. The van der Waals surface area contributed by atoms with Crippen LogP contribution in [-0.2, 0) is 44.8 Å². The maximum atomic E-state index is 14.0. The Labute approximate surface area is 313 Å². The molecular formula is C36H54N8O10. The number of aromatic amines is 1. The average Bonchev–Trinajstić information content (AvgIpc) is 3.52. The third-order valence-corrected chi connectivity index (χ3v) is 9.36. The summed E-state index contributed by atoms with van der Waals surface area (Å²) in [6.07, 6.45) is 0.949. The highest BCUT2D eigenvalue weighted by molar-refractivity contribution is 5.98. The number of aliphatic carboxylic acids is 2. The average molecular weight is 759 g/mol. The van der Waals surface area contributed by atoms with E-state index >= 15 is 0 Å². The largest absolute Gasteiger partial charge is 0.481 e. The van der Waals surface area contributed by atoms with Crippen LogP contribution >= 0.6 is 0 Å². The number of para-hydroxylation sites is 1. The molecule has 0 unspecified atom stereocenters. The molecule has 0 saturated heterocycles. The number of primary amides is 1. The summed E-state index contributed by atoms with van der Waals surface area (Å²) in [5.41, 5.74) is 12.6. The van der Waals surface area contributed by atoms with Crippen LogP contribution < -0.4 is 38.1 Å². The first-order chi connectivity index (χ1) is 25.3. The number of H-pyrrole nitrogens is 1. The molecule has 0 radical (unpaired) electrons. The normalized spacial score (nSPS) is 15.7. The summed E-state index contributed by atoms with van der Waals surface area (Å²) in [5, 5.41) is 32.1. The lowest BCUT2D eigenvalue weighted by Crippen LogP contribution is -2.61. The lowest BCUT2D eigenvalue weighted by molar-refractivity contribution is -0.144. The monoisotopic (exact) mass is 758 g/mol. The number of hydrogen-bond acceptors (Lipinski definition) is 9. The smallest absolute Gasteiger partial charge is 0.326 e. The molecule has 0 aliphatic carbocycles. The van der Waals surface area contributed by atoms with Gasteiger partial charge in [0.15, 0.2) is 0 Å². The molecule has 1 aromatic carbocycles. The molecule has 54 heavy (non-hydrogen) atoms. The first-order valence-electron chi connectivity index (χ1n) is 17.9. The van der Waals surface area contributed by atoms with Gasteiger partial charge in [0.25, 0.3) is 0 Å². The van der Waals surface area contributed by atoms with Crippen molar-refractivity contribution in [2.45, 2.75) is 110 Å². The number of nitrogens with two attached hydrogens (primary N) is 2. The molecule has 298 valence electrons. The van der Waals surface area contributed by atoms with E-state index in [9.17, 15) is 48.6 Å². The molecule has 0 bridgehead atoms. The van der Waals surface area contributed by atoms with Crippen molar-refractivity contribution in [2.75, 3.05) is 0 Å². The number of fused-ring (bicyclic) bond motifs is 1. The number of amides is 6. The topological polar surface area (TPSA) is 305 Å². The van der Waals surface area contributed by atoms with E-state index in [1.807, 2.05) is 19.9 Å². The second-order valence-electron chi connectivity index (χ2n) is 13.9. The van der Waals surface area contributed by atoms with Gasteiger partial charge in [-0.15, -0.1) is 0 Å². The molecule has 18 nitrogen and oxygen atoms in total. The number of carboxylic acid groups (broad SMARTS) is 2. The van der Waals surface area contributed by atoms with Crippen molar-refractivity contribution in [2.24, 2.45) is 29.2 Å². The van der Waals surface area contributed by atoms with Crippen LogP contribution in [0, 0.1) is 17.8 Å². The molecule has 6 amide bonds. The van der Waals surface area contributed by atoms with Gasteiger partial charge in [-0.2, -0.15) is 0 Å². The van der Waals surface area contributed by atoms with Crippen LogP contribution in [-0.4, -0.2) is 98.8 Å². The molecule has 12 N–H and O–H groups in total. The van der Waals surface area contributed by atoms with Gasteiger partial charge >= 0.3 is 11.9 Å². The Morgan fingerprint density at radius 2 is 1.22 bits per heavy atom. The van der Waals surface area contributed by atoms with Crippen LogP contribution in [0.2, 0.25) is 0 Å². The number of nitrogens with one attached hydrogen (secondary N) is 6. The molecule has 1 heterocycles. The minimum absolute atomic E-state index is 0.121. The zero-order valence-corrected chi connectivity index (χ0v) is 31.4. The molecule has 0 fully saturated rings. The van der Waals surface area contributed by atoms with E-state index < -0.39 is 108 Å². The fourth-order valence-corrected chi connectivity index (χ4v) is 5.56. The van der Waals surface area contributed by atoms with Crippen LogP contribution in [0.1, 0.15) is 72.8 Å². The van der Waals surface area contributed by atoms with Crippen molar-refractivity contribution in [3.05, 3.63) is 36.0 Å². The van der Waals surface area contributed by atoms with Gasteiger partial charge in [0.1, 0.15) is 30.2 Å². The van der Waals surface area contributed by atoms with E-state index in [0.717, 1.165) is 10.9 Å². The van der Waals surface area contributed by atoms with Crippen LogP contribution in [0.25, 0.3) is 10.9 Å². The fraction of sp³-hybridized carbons (Fsp3) is 0.556. The maximum absolute atomic E-state index is 14.0. The summed E-state index contributed by atoms with van der Waals surface area (Å²) < 4.78 is 0. The molecule has 2 aromatic rings. The Bertz CT molecular complexity index is 1680. The minimum Gasteiger partial charge on any atom is -0.481 e. The number of carboxylic acids is 2. The van der Waals surface area contributed by atoms with Gasteiger partial charge in [0.2, 0.25) is 35.4 Å². The number of carbonyl (C=O) groups is 8. The maximum Gasteiger partial charge on any atom is 0.326 e. The Hall–Kier alpha value is -5.52. The third-order valence-electron chi connectivity index (χ3n) is 9.36. The van der Waals surface area contributed by atoms with Gasteiger partial charge in [-0.25, -0.2) is 4.79 Å². The fourth-order valence-electron chi connectivity index (χ4n) is 5.56. The van der Waals surface area contributed by atoms with Crippen molar-refractivity contribution in [1.82, 2.24) is 31.6 Å². The Morgan fingerprint density at radius 1 is 0.685 bits per heavy atom. The molecule has 1 aromatic heterocycles. The highest BCUT2D eigenvalue weighted by Crippen LogP contribution is 2.20. The first kappa shape index (κ1) is 44.6. The predicted molar refractivity (Wildman–Crippen MR) is 197 cm³/mol. The quantitative estimate of drug-likeness (QED) is 0.0740. The summed E-state index contributed by atoms with van der Waals surface area (Å²) in [5.74, 6) is -9.59. The number of carbonyl (C=O) groups excluding carboxylic acids is 6. The van der Waals surface area contributed by atoms with Crippen molar-refractivity contribution in [3.8, 4) is 0 Å². The minimum atomic E-state index is -1.77. The summed E-state index contributed by atoms with van der Waals surface area (Å²) in [6, 6.07) is -1.12. The van der Waals surface area contributed by atoms with E-state index in [0.29, 0.717) is 18.4 Å². The number of aromatic nitrogens is 1. The zero-order chi connectivity index (χ0) is 40.9. The zero-order valence-electron chi connectivity index (χ0n) is 31.4. The van der Waals surface area contributed by atoms with Gasteiger partial charge < -0.3 is 53.2 Å². The van der Waals surface area contributed by atoms with E-state index in [2.05, 4.69) is 31.6 Å². The summed E-state index contributed by atoms with van der Waals surface area (Å²) >= 11 is 0. The Kier molecular flexibility index (Phi) is 17.1. The standard InChI is InChI=1S/C36H54N8O10/c1-7-18(5)28(38)33(50)44-30(19(6)8-2)35(52)41-23(13-20-16-39-22-12-10-9-11-21(20)22)31(48)40-24(15-27(46)47)32(49)43-29(17(3)4)34(51)42-25(36(53)54)14-26(37)45/h9-12,16-19,23-25,28-30,39H,7-8,13-15,38H2,1-6H3,(H2,37,45)(H,40,48)(H,41,52)(H,42,51)(H,43,49)(H,44,50)(H,46,47)(H,53,54)/t18-,19-,23-,24-,25-,28-,29-,30-/m0/s1. The Balaban J connectivity index is 2.45. The molecular weight excluding hydrogens is 704 g/mol. The highest BCUT2D eigenvalue weighted by Gasteiger charge is 2.36. The SMILES string of the molecule is CC[C@H](C)[C@H](N)C(=O)N[C@H](C(=O)N[C@@H](Cc1c[nH]c2ccccc12)C(=O)N[C@@H](CC(=O)O)C(=O)N[C@H](C(=O)N[C@@H](CC(N)=O)C(=O)O)C(C)C)[C@@H](C)CC. The van der Waals surface area contributed by atoms with Gasteiger partial charge in [0, 0.05) is 23.5 Å². The third kappa shape index (κ3) is 12.9. The van der Waals surface area contributed by atoms with Crippen LogP contribution in [0.3, 0.4) is 0 Å². The van der Waals surface area contributed by atoms with Crippen LogP contribution in [0.4, 0.5) is 0 Å². The lowest BCUT2D eigenvalue weighted by atomic mass is 9.95. The summed E-state index contributed by atoms with van der Waals surface area (Å²) in [6.45, 7) is 10.3. The molecule has 0 aliphatic heterocycles. The van der Waals surface area contributed by atoms with Crippen LogP contribution in [0.5, 0.6) is 0 Å². The number of rotatable bonds is 22. The molecule has 0 aliphatic rings. The van der Waals surface area contributed by atoms with Gasteiger partial charge in [-0.05, 0) is 29.4 Å². The predicted octanol–water partition coefficient (Wildman–Crippen LogP) is -0.355. The number of hydrogen-bond donors (Lipinski definition) is 10. The summed E-state index contributed by atoms with van der Waals surface area (Å²) in [4.78, 5) is 106. The molecule has 18 heteroatoms. The van der Waals surface area contributed by atoms with E-state index in [4.69, 9.17) is 11.5 Å². The van der Waals surface area contributed by atoms with E-state index in [1.165, 1.54) is 13.8 Å². The van der Waals surface area contributed by atoms with Crippen LogP contribution in [0.15, 0.2) is 30.5 Å². The van der Waals surface area contributed by atoms with E-state index in [1.54, 1.807) is 38.2 Å². The first-order valence-corrected chi connectivity index (χ1v) is 17.9. The van der Waals surface area contributed by atoms with Gasteiger partial charge in [0.05, 0.1) is 18.9 Å².